The highest BCUT2D eigenvalue weighted by atomic mass is 16.2. The zero-order valence-corrected chi connectivity index (χ0v) is 19.3. The summed E-state index contributed by atoms with van der Waals surface area (Å²) in [7, 11) is 4.29. The van der Waals surface area contributed by atoms with Crippen LogP contribution >= 0.6 is 0 Å². The molecule has 8 nitrogen and oxygen atoms in total. The molecule has 2 saturated heterocycles. The van der Waals surface area contributed by atoms with E-state index in [1.807, 2.05) is 0 Å². The number of rotatable bonds is 13. The molecule has 0 aliphatic carbocycles. The summed E-state index contributed by atoms with van der Waals surface area (Å²) in [6, 6.07) is 0. The third kappa shape index (κ3) is 11.2. The van der Waals surface area contributed by atoms with Crippen LogP contribution in [0, 0.1) is 0 Å². The van der Waals surface area contributed by atoms with Crippen molar-refractivity contribution < 1.29 is 9.59 Å². The highest BCUT2D eigenvalue weighted by molar-refractivity contribution is 5.76. The molecule has 0 aromatic rings. The maximum Gasteiger partial charge on any atom is 0.221 e. The van der Waals surface area contributed by atoms with E-state index in [-0.39, 0.29) is 11.8 Å². The molecule has 0 aromatic heterocycles. The van der Waals surface area contributed by atoms with Gasteiger partial charge in [0.25, 0.3) is 0 Å². The summed E-state index contributed by atoms with van der Waals surface area (Å²) in [4.78, 5) is 33.3. The van der Waals surface area contributed by atoms with Gasteiger partial charge in [0.2, 0.25) is 11.8 Å². The Morgan fingerprint density at radius 2 is 0.967 bits per heavy atom. The molecule has 0 radical (unpaired) electrons. The van der Waals surface area contributed by atoms with E-state index in [2.05, 4.69) is 44.3 Å². The van der Waals surface area contributed by atoms with E-state index in [0.29, 0.717) is 12.8 Å². The second-order valence-corrected chi connectivity index (χ2v) is 8.90. The molecule has 174 valence electrons. The van der Waals surface area contributed by atoms with Crippen molar-refractivity contribution in [2.45, 2.75) is 38.5 Å². The number of unbranched alkanes of at least 4 members (excludes halogenated alkanes) is 3. The van der Waals surface area contributed by atoms with Crippen LogP contribution in [0.25, 0.3) is 0 Å². The molecule has 2 rings (SSSR count). The van der Waals surface area contributed by atoms with Crippen LogP contribution in [0.2, 0.25) is 0 Å². The lowest BCUT2D eigenvalue weighted by molar-refractivity contribution is -0.122. The average Bonchev–Trinajstić information content (AvgIpc) is 2.74. The fourth-order valence-electron chi connectivity index (χ4n) is 3.90. The standard InChI is InChI=1S/C22H44N6O2/c1-25-13-17-27(18-14-25)11-7-21(29)23-9-5-3-4-6-10-24-22(30)8-12-28-19-15-26(2)16-20-28/h3-20H2,1-2H3,(H,23,29)(H,24,30). The van der Waals surface area contributed by atoms with Gasteiger partial charge >= 0.3 is 0 Å². The van der Waals surface area contributed by atoms with E-state index in [9.17, 15) is 9.59 Å². The van der Waals surface area contributed by atoms with Crippen molar-refractivity contribution in [1.82, 2.24) is 30.2 Å². The zero-order valence-electron chi connectivity index (χ0n) is 19.3. The zero-order chi connectivity index (χ0) is 21.6. The molecule has 0 bridgehead atoms. The van der Waals surface area contributed by atoms with Crippen LogP contribution < -0.4 is 10.6 Å². The number of nitrogens with one attached hydrogen (secondary N) is 2. The number of hydrogen-bond acceptors (Lipinski definition) is 6. The van der Waals surface area contributed by atoms with Gasteiger partial charge < -0.3 is 30.2 Å². The Kier molecular flexibility index (Phi) is 12.3. The molecule has 2 aliphatic rings. The van der Waals surface area contributed by atoms with E-state index < -0.39 is 0 Å². The van der Waals surface area contributed by atoms with E-state index in [0.717, 1.165) is 104 Å². The molecule has 2 N–H and O–H groups in total. The number of likely N-dealkylation sites (N-methyl/N-ethyl adjacent to an activating group) is 2. The van der Waals surface area contributed by atoms with Crippen molar-refractivity contribution in [3.05, 3.63) is 0 Å². The number of amides is 2. The third-order valence-corrected chi connectivity index (χ3v) is 6.25. The van der Waals surface area contributed by atoms with Crippen molar-refractivity contribution in [3.8, 4) is 0 Å². The molecule has 8 heteroatoms. The quantitative estimate of drug-likeness (QED) is 0.407. The maximum absolute atomic E-state index is 12.0. The first-order valence-electron chi connectivity index (χ1n) is 11.9. The van der Waals surface area contributed by atoms with Gasteiger partial charge in [0.05, 0.1) is 0 Å². The van der Waals surface area contributed by atoms with E-state index in [1.165, 1.54) is 0 Å². The maximum atomic E-state index is 12.0. The minimum atomic E-state index is 0.168. The summed E-state index contributed by atoms with van der Waals surface area (Å²) in [6.07, 6.45) is 5.41. The molecule has 2 amide bonds. The third-order valence-electron chi connectivity index (χ3n) is 6.25. The fourth-order valence-corrected chi connectivity index (χ4v) is 3.90. The van der Waals surface area contributed by atoms with Crippen LogP contribution in [0.3, 0.4) is 0 Å². The number of nitrogens with zero attached hydrogens (tertiary/aromatic N) is 4. The summed E-state index contributed by atoms with van der Waals surface area (Å²) < 4.78 is 0. The molecule has 2 fully saturated rings. The topological polar surface area (TPSA) is 71.2 Å². The Morgan fingerprint density at radius 3 is 1.33 bits per heavy atom. The van der Waals surface area contributed by atoms with Gasteiger partial charge in [-0.3, -0.25) is 9.59 Å². The van der Waals surface area contributed by atoms with Crippen molar-refractivity contribution in [3.63, 3.8) is 0 Å². The Labute approximate surface area is 183 Å². The minimum absolute atomic E-state index is 0.168. The molecule has 0 aromatic carbocycles. The smallest absolute Gasteiger partial charge is 0.221 e. The monoisotopic (exact) mass is 424 g/mol. The summed E-state index contributed by atoms with van der Waals surface area (Å²) in [5, 5.41) is 6.07. The SMILES string of the molecule is CN1CCN(CCC(=O)NCCCCCCNC(=O)CCN2CCN(C)CC2)CC1. The lowest BCUT2D eigenvalue weighted by Crippen LogP contribution is -2.45. The second-order valence-electron chi connectivity index (χ2n) is 8.90. The van der Waals surface area contributed by atoms with Gasteiger partial charge in [-0.2, -0.15) is 0 Å². The van der Waals surface area contributed by atoms with E-state index >= 15 is 0 Å². The Balaban J connectivity index is 1.34. The number of carbonyl (C=O) groups excluding carboxylic acids is 2. The van der Waals surface area contributed by atoms with Crippen molar-refractivity contribution >= 4 is 11.8 Å². The van der Waals surface area contributed by atoms with Gasteiger partial charge in [0.15, 0.2) is 0 Å². The lowest BCUT2D eigenvalue weighted by Gasteiger charge is -2.32. The number of piperazine rings is 2. The molecule has 0 spiro atoms. The average molecular weight is 425 g/mol. The lowest BCUT2D eigenvalue weighted by atomic mass is 10.2. The molecule has 30 heavy (non-hydrogen) atoms. The molecule has 2 heterocycles. The molecule has 0 unspecified atom stereocenters. The highest BCUT2D eigenvalue weighted by Crippen LogP contribution is 2.02. The van der Waals surface area contributed by atoms with Crippen LogP contribution in [-0.2, 0) is 9.59 Å². The predicted molar refractivity (Wildman–Crippen MR) is 122 cm³/mol. The van der Waals surface area contributed by atoms with Crippen molar-refractivity contribution in [1.29, 1.82) is 0 Å². The van der Waals surface area contributed by atoms with Crippen LogP contribution in [0.1, 0.15) is 38.5 Å². The molecular weight excluding hydrogens is 380 g/mol. The van der Waals surface area contributed by atoms with Crippen LogP contribution in [0.4, 0.5) is 0 Å². The minimum Gasteiger partial charge on any atom is -0.356 e. The van der Waals surface area contributed by atoms with Gasteiger partial charge in [-0.15, -0.1) is 0 Å². The molecular formula is C22H44N6O2. The van der Waals surface area contributed by atoms with Gasteiger partial charge in [-0.25, -0.2) is 0 Å². The number of hydrogen-bond donors (Lipinski definition) is 2. The first-order chi connectivity index (χ1) is 14.5. The first kappa shape index (κ1) is 25.0. The Bertz CT molecular complexity index is 444. The van der Waals surface area contributed by atoms with E-state index in [1.54, 1.807) is 0 Å². The van der Waals surface area contributed by atoms with E-state index in [4.69, 9.17) is 0 Å². The summed E-state index contributed by atoms with van der Waals surface area (Å²) in [5.41, 5.74) is 0. The Hall–Kier alpha value is -1.22. The fraction of sp³-hybridized carbons (Fsp3) is 0.909. The highest BCUT2D eigenvalue weighted by Gasteiger charge is 2.15. The van der Waals surface area contributed by atoms with Gasteiger partial charge in [-0.1, -0.05) is 12.8 Å². The van der Waals surface area contributed by atoms with Crippen LogP contribution in [0.5, 0.6) is 0 Å². The second kappa shape index (κ2) is 14.7. The first-order valence-corrected chi connectivity index (χ1v) is 11.9. The molecule has 2 aliphatic heterocycles. The van der Waals surface area contributed by atoms with Crippen LogP contribution in [-0.4, -0.2) is 124 Å². The normalized spacial score (nSPS) is 19.7. The largest absolute Gasteiger partial charge is 0.356 e. The Morgan fingerprint density at radius 1 is 0.600 bits per heavy atom. The number of carbonyl (C=O) groups is 2. The summed E-state index contributed by atoms with van der Waals surface area (Å²) in [6.45, 7) is 11.9. The predicted octanol–water partition coefficient (Wildman–Crippen LogP) is 0.0542. The molecule has 0 atom stereocenters. The molecule has 0 saturated carbocycles. The van der Waals surface area contributed by atoms with Crippen molar-refractivity contribution in [2.24, 2.45) is 0 Å². The van der Waals surface area contributed by atoms with Gasteiger partial charge in [-0.05, 0) is 26.9 Å². The van der Waals surface area contributed by atoms with Gasteiger partial charge in [0.1, 0.15) is 0 Å². The summed E-state index contributed by atoms with van der Waals surface area (Å²) in [5.74, 6) is 0.336. The van der Waals surface area contributed by atoms with Crippen molar-refractivity contribution in [2.75, 3.05) is 92.6 Å². The van der Waals surface area contributed by atoms with Gasteiger partial charge in [0, 0.05) is 91.4 Å². The van der Waals surface area contributed by atoms with Crippen LogP contribution in [0.15, 0.2) is 0 Å². The summed E-state index contributed by atoms with van der Waals surface area (Å²) >= 11 is 0.